The Bertz CT molecular complexity index is 1280. The standard InChI is InChI=1S/C27H29FN4O3/c1-17-9-21(13-22(28)10-17)26-24(33)15-35-30-27-20(5-4-8-32(26)27)11-19-6-7-23(25(12-19)34-3)31-14-18(2)29-16-31/h6-7,9-14,16,24,26,33H,4-5,8,15H2,1-3H3/b20-11+/t24-,26+/m1/s1. The number of fused-ring (bicyclic) bond motifs is 1. The van der Waals surface area contributed by atoms with E-state index in [0.29, 0.717) is 12.4 Å². The Morgan fingerprint density at radius 2 is 2.06 bits per heavy atom. The molecule has 1 saturated heterocycles. The van der Waals surface area contributed by atoms with Gasteiger partial charge in [0.15, 0.2) is 5.84 Å². The van der Waals surface area contributed by atoms with Crippen LogP contribution in [0.25, 0.3) is 11.8 Å². The summed E-state index contributed by atoms with van der Waals surface area (Å²) in [6, 6.07) is 10.5. The smallest absolute Gasteiger partial charge is 0.172 e. The summed E-state index contributed by atoms with van der Waals surface area (Å²) in [5, 5.41) is 15.3. The third kappa shape index (κ3) is 4.66. The number of rotatable bonds is 4. The summed E-state index contributed by atoms with van der Waals surface area (Å²) in [6.07, 6.45) is 6.65. The summed E-state index contributed by atoms with van der Waals surface area (Å²) in [5.74, 6) is 1.09. The van der Waals surface area contributed by atoms with E-state index in [2.05, 4.69) is 16.2 Å². The number of methoxy groups -OCH3 is 1. The molecule has 0 aliphatic carbocycles. The lowest BCUT2D eigenvalue weighted by Gasteiger charge is -2.38. The Morgan fingerprint density at radius 3 is 2.80 bits per heavy atom. The summed E-state index contributed by atoms with van der Waals surface area (Å²) in [6.45, 7) is 4.53. The SMILES string of the molecule is COc1cc(/C=C2\CCCN3C2=NOC[C@@H](O)[C@@H]3c2cc(C)cc(F)c2)ccc1-n1cnc(C)c1. The molecule has 1 fully saturated rings. The lowest BCUT2D eigenvalue weighted by molar-refractivity contribution is 0.0140. The Balaban J connectivity index is 1.50. The molecular weight excluding hydrogens is 447 g/mol. The number of hydrogen-bond donors (Lipinski definition) is 1. The van der Waals surface area contributed by atoms with Crippen molar-refractivity contribution in [3.63, 3.8) is 0 Å². The number of aryl methyl sites for hydroxylation is 2. The molecule has 2 aromatic carbocycles. The zero-order valence-corrected chi connectivity index (χ0v) is 20.1. The number of oxime groups is 1. The fourth-order valence-electron chi connectivity index (χ4n) is 4.92. The summed E-state index contributed by atoms with van der Waals surface area (Å²) in [5.41, 5.74) is 5.32. The third-order valence-electron chi connectivity index (χ3n) is 6.44. The van der Waals surface area contributed by atoms with Crippen molar-refractivity contribution in [2.45, 2.75) is 38.8 Å². The van der Waals surface area contributed by atoms with E-state index in [-0.39, 0.29) is 12.4 Å². The molecular formula is C27H29FN4O3. The fraction of sp³-hybridized carbons (Fsp3) is 0.333. The highest BCUT2D eigenvalue weighted by Gasteiger charge is 2.36. The maximum Gasteiger partial charge on any atom is 0.172 e. The van der Waals surface area contributed by atoms with Crippen LogP contribution in [0, 0.1) is 19.7 Å². The van der Waals surface area contributed by atoms with Gasteiger partial charge in [0.1, 0.15) is 24.3 Å². The van der Waals surface area contributed by atoms with Crippen molar-refractivity contribution < 1.29 is 19.1 Å². The van der Waals surface area contributed by atoms with E-state index < -0.39 is 12.1 Å². The molecule has 3 heterocycles. The van der Waals surface area contributed by atoms with E-state index in [1.54, 1.807) is 13.4 Å². The first-order chi connectivity index (χ1) is 16.9. The molecule has 2 aliphatic rings. The molecule has 8 heteroatoms. The lowest BCUT2D eigenvalue weighted by Crippen LogP contribution is -2.44. The summed E-state index contributed by atoms with van der Waals surface area (Å²) < 4.78 is 21.8. The first-order valence-electron chi connectivity index (χ1n) is 11.7. The first kappa shape index (κ1) is 23.1. The average Bonchev–Trinajstić information content (AvgIpc) is 3.17. The second-order valence-corrected chi connectivity index (χ2v) is 9.10. The number of aliphatic hydroxyl groups excluding tert-OH is 1. The zero-order chi connectivity index (χ0) is 24.5. The number of benzene rings is 2. The van der Waals surface area contributed by atoms with Crippen molar-refractivity contribution in [1.29, 1.82) is 0 Å². The zero-order valence-electron chi connectivity index (χ0n) is 20.1. The van der Waals surface area contributed by atoms with Gasteiger partial charge in [0, 0.05) is 12.7 Å². The first-order valence-corrected chi connectivity index (χ1v) is 11.7. The van der Waals surface area contributed by atoms with Gasteiger partial charge >= 0.3 is 0 Å². The number of aromatic nitrogens is 2. The van der Waals surface area contributed by atoms with Gasteiger partial charge in [-0.2, -0.15) is 0 Å². The van der Waals surface area contributed by atoms with Crippen molar-refractivity contribution >= 4 is 11.9 Å². The minimum Gasteiger partial charge on any atom is -0.495 e. The van der Waals surface area contributed by atoms with Gasteiger partial charge in [-0.1, -0.05) is 17.3 Å². The van der Waals surface area contributed by atoms with Crippen molar-refractivity contribution in [3.8, 4) is 11.4 Å². The van der Waals surface area contributed by atoms with E-state index >= 15 is 0 Å². The van der Waals surface area contributed by atoms with Crippen molar-refractivity contribution in [1.82, 2.24) is 14.5 Å². The second-order valence-electron chi connectivity index (χ2n) is 9.10. The Labute approximate surface area is 204 Å². The molecule has 3 aromatic rings. The summed E-state index contributed by atoms with van der Waals surface area (Å²) in [7, 11) is 1.65. The minimum atomic E-state index is -0.838. The molecule has 182 valence electrons. The van der Waals surface area contributed by atoms with Gasteiger partial charge in [0.25, 0.3) is 0 Å². The van der Waals surface area contributed by atoms with Gasteiger partial charge in [-0.15, -0.1) is 0 Å². The molecule has 2 atom stereocenters. The normalized spacial score (nSPS) is 21.2. The van der Waals surface area contributed by atoms with E-state index in [4.69, 9.17) is 9.57 Å². The van der Waals surface area contributed by atoms with Crippen LogP contribution in [-0.2, 0) is 4.84 Å². The van der Waals surface area contributed by atoms with Gasteiger partial charge in [0.05, 0.1) is 30.9 Å². The molecule has 7 nitrogen and oxygen atoms in total. The van der Waals surface area contributed by atoms with Crippen molar-refractivity contribution in [3.05, 3.63) is 82.7 Å². The molecule has 0 amide bonds. The Kier molecular flexibility index (Phi) is 6.30. The van der Waals surface area contributed by atoms with E-state index in [1.165, 1.54) is 12.1 Å². The van der Waals surface area contributed by atoms with Crippen LogP contribution in [0.5, 0.6) is 5.75 Å². The molecule has 0 spiro atoms. The maximum atomic E-state index is 14.2. The molecule has 0 radical (unpaired) electrons. The van der Waals surface area contributed by atoms with Gasteiger partial charge in [-0.3, -0.25) is 0 Å². The summed E-state index contributed by atoms with van der Waals surface area (Å²) in [4.78, 5) is 11.9. The monoisotopic (exact) mass is 476 g/mol. The van der Waals surface area contributed by atoms with E-state index in [1.807, 2.05) is 53.8 Å². The number of amidine groups is 1. The predicted molar refractivity (Wildman–Crippen MR) is 132 cm³/mol. The molecule has 0 unspecified atom stereocenters. The molecule has 0 saturated carbocycles. The highest BCUT2D eigenvalue weighted by Crippen LogP contribution is 2.35. The summed E-state index contributed by atoms with van der Waals surface area (Å²) >= 11 is 0. The number of ether oxygens (including phenoxy) is 1. The molecule has 2 aliphatic heterocycles. The number of piperidine rings is 1. The van der Waals surface area contributed by atoms with Crippen LogP contribution in [-0.4, -0.2) is 51.8 Å². The molecule has 1 aromatic heterocycles. The highest BCUT2D eigenvalue weighted by atomic mass is 19.1. The number of halogens is 1. The van der Waals surface area contributed by atoms with Gasteiger partial charge in [0.2, 0.25) is 0 Å². The molecule has 1 N–H and O–H groups in total. The van der Waals surface area contributed by atoms with Crippen LogP contribution >= 0.6 is 0 Å². The van der Waals surface area contributed by atoms with Gasteiger partial charge in [-0.25, -0.2) is 9.37 Å². The Hall–Kier alpha value is -3.65. The van der Waals surface area contributed by atoms with Crippen molar-refractivity contribution in [2.24, 2.45) is 5.16 Å². The van der Waals surface area contributed by atoms with Crippen LogP contribution < -0.4 is 4.74 Å². The lowest BCUT2D eigenvalue weighted by atomic mass is 9.93. The number of aliphatic hydroxyl groups is 1. The second kappa shape index (κ2) is 9.54. The van der Waals surface area contributed by atoms with E-state index in [9.17, 15) is 9.50 Å². The van der Waals surface area contributed by atoms with Crippen molar-refractivity contribution in [2.75, 3.05) is 20.3 Å². The molecule has 5 rings (SSSR count). The van der Waals surface area contributed by atoms with Gasteiger partial charge < -0.3 is 24.1 Å². The number of hydrogen-bond acceptors (Lipinski definition) is 6. The minimum absolute atomic E-state index is 0.0420. The highest BCUT2D eigenvalue weighted by molar-refractivity contribution is 6.02. The maximum absolute atomic E-state index is 14.2. The molecule has 35 heavy (non-hydrogen) atoms. The number of nitrogens with zero attached hydrogens (tertiary/aromatic N) is 4. The largest absolute Gasteiger partial charge is 0.495 e. The van der Waals surface area contributed by atoms with E-state index in [0.717, 1.165) is 52.2 Å². The molecule has 0 bridgehead atoms. The Morgan fingerprint density at radius 1 is 1.20 bits per heavy atom. The van der Waals surface area contributed by atoms with Crippen LogP contribution in [0.1, 0.15) is 41.3 Å². The topological polar surface area (TPSA) is 72.1 Å². The van der Waals surface area contributed by atoms with Crippen LogP contribution in [0.4, 0.5) is 4.39 Å². The average molecular weight is 477 g/mol. The number of imidazole rings is 1. The van der Waals surface area contributed by atoms with Crippen LogP contribution in [0.15, 0.2) is 59.7 Å². The third-order valence-corrected chi connectivity index (χ3v) is 6.44. The van der Waals surface area contributed by atoms with Gasteiger partial charge in [-0.05, 0) is 79.3 Å². The van der Waals surface area contributed by atoms with Crippen LogP contribution in [0.3, 0.4) is 0 Å². The fourth-order valence-corrected chi connectivity index (χ4v) is 4.92. The van der Waals surface area contributed by atoms with Crippen LogP contribution in [0.2, 0.25) is 0 Å². The predicted octanol–water partition coefficient (Wildman–Crippen LogP) is 4.56. The quantitative estimate of drug-likeness (QED) is 0.598.